The second kappa shape index (κ2) is 15.6. The molecule has 0 aromatic heterocycles. The third kappa shape index (κ3) is 7.14. The maximum Gasteiger partial charge on any atom is 0.261 e. The van der Waals surface area contributed by atoms with Crippen LogP contribution in [0.3, 0.4) is 0 Å². The molecule has 274 valence electrons. The Balaban J connectivity index is 1.51. The van der Waals surface area contributed by atoms with Crippen LogP contribution >= 0.6 is 0 Å². The van der Waals surface area contributed by atoms with Crippen LogP contribution in [0, 0.1) is 17.3 Å². The Morgan fingerprint density at radius 2 is 1.35 bits per heavy atom. The highest BCUT2D eigenvalue weighted by molar-refractivity contribution is 6.99. The fraction of sp³-hybridized carbons (Fsp3) is 0.426. The summed E-state index contributed by atoms with van der Waals surface area (Å²) in [6.45, 7) is 22.8. The van der Waals surface area contributed by atoms with Crippen molar-refractivity contribution in [3.05, 3.63) is 140 Å². The molecular formula is C47H61NO2Si2. The van der Waals surface area contributed by atoms with Gasteiger partial charge in [0.2, 0.25) is 0 Å². The van der Waals surface area contributed by atoms with E-state index in [-0.39, 0.29) is 28.6 Å². The minimum Gasteiger partial charge on any atom is -0.404 e. The Morgan fingerprint density at radius 1 is 0.846 bits per heavy atom. The first-order valence-corrected chi connectivity index (χ1v) is 24.6. The molecule has 4 aromatic carbocycles. The first kappa shape index (κ1) is 38.4. The molecule has 1 aliphatic carbocycles. The van der Waals surface area contributed by atoms with Gasteiger partial charge in [0.15, 0.2) is 0 Å². The van der Waals surface area contributed by atoms with Gasteiger partial charge in [0.1, 0.15) is 5.78 Å². The summed E-state index contributed by atoms with van der Waals surface area (Å²) >= 11 is 0. The maximum absolute atomic E-state index is 15.3. The molecule has 2 aliphatic rings. The van der Waals surface area contributed by atoms with Crippen molar-refractivity contribution < 1.29 is 9.22 Å². The number of hydrogen-bond acceptors (Lipinski definition) is 3. The zero-order chi connectivity index (χ0) is 37.1. The quantitative estimate of drug-likeness (QED) is 0.108. The van der Waals surface area contributed by atoms with Crippen LogP contribution in [0.4, 0.5) is 0 Å². The third-order valence-corrected chi connectivity index (χ3v) is 22.7. The minimum absolute atomic E-state index is 0.0623. The minimum atomic E-state index is -2.85. The molecule has 4 aromatic rings. The van der Waals surface area contributed by atoms with Gasteiger partial charge in [0.05, 0.1) is 8.07 Å². The van der Waals surface area contributed by atoms with Gasteiger partial charge in [-0.2, -0.15) is 0 Å². The Hall–Kier alpha value is -3.36. The number of ketones is 1. The molecule has 6 rings (SSSR count). The molecule has 0 N–H and O–H groups in total. The molecule has 0 bridgehead atoms. The molecule has 1 saturated carbocycles. The zero-order valence-electron chi connectivity index (χ0n) is 32.7. The van der Waals surface area contributed by atoms with E-state index >= 15 is 4.79 Å². The number of rotatable bonds is 12. The molecule has 1 heterocycles. The number of nitrogens with zero attached hydrogens (tertiary/aromatic N) is 1. The second-order valence-electron chi connectivity index (χ2n) is 17.5. The monoisotopic (exact) mass is 727 g/mol. The number of Topliss-reactive ketones (excluding diaryl/α,β-unsaturated/α-hetero) is 1. The van der Waals surface area contributed by atoms with Crippen LogP contribution in [0.15, 0.2) is 134 Å². The number of hydrogen-bond donors (Lipinski definition) is 0. The number of carbonyl (C=O) groups is 1. The van der Waals surface area contributed by atoms with Gasteiger partial charge < -0.3 is 4.43 Å². The standard InChI is InChI=1S/C47H61NO2Si2/c1-9-10-25-38-35-48(34-37-23-15-11-16-24-37)44-32-42(43(33-45(49)47(38,44)6)51(7,8)39-26-17-12-18-27-39)36(2)50-52(46(3,4)5,40-28-19-13-20-29-40)41-30-21-14-22-31-41/h9,11-24,26-31,36,38,42-44H,1,10,25,32-35H2,2-8H3/t36-,38-,42-,43+,44-,47-/m1/s1. The average molecular weight is 728 g/mol. The van der Waals surface area contributed by atoms with Gasteiger partial charge in [0, 0.05) is 37.1 Å². The molecule has 0 unspecified atom stereocenters. The highest BCUT2D eigenvalue weighted by atomic mass is 28.4. The normalized spacial score (nSPS) is 24.9. The summed E-state index contributed by atoms with van der Waals surface area (Å²) in [6.07, 6.45) is 5.47. The molecule has 3 nitrogen and oxygen atoms in total. The Kier molecular flexibility index (Phi) is 11.5. The van der Waals surface area contributed by atoms with E-state index in [4.69, 9.17) is 4.43 Å². The summed E-state index contributed by atoms with van der Waals surface area (Å²) in [5.41, 5.74) is 1.12. The molecule has 52 heavy (non-hydrogen) atoms. The number of carbonyl (C=O) groups excluding carboxylic acids is 1. The number of fused-ring (bicyclic) bond motifs is 1. The molecule has 0 spiro atoms. The zero-order valence-corrected chi connectivity index (χ0v) is 34.7. The predicted molar refractivity (Wildman–Crippen MR) is 225 cm³/mol. The topological polar surface area (TPSA) is 29.5 Å². The maximum atomic E-state index is 15.3. The van der Waals surface area contributed by atoms with Crippen molar-refractivity contribution in [1.29, 1.82) is 0 Å². The first-order chi connectivity index (χ1) is 24.8. The van der Waals surface area contributed by atoms with Crippen LogP contribution in [0.5, 0.6) is 0 Å². The van der Waals surface area contributed by atoms with E-state index in [1.165, 1.54) is 21.1 Å². The second-order valence-corrected chi connectivity index (χ2v) is 26.5. The summed E-state index contributed by atoms with van der Waals surface area (Å²) in [7, 11) is -5.06. The molecule has 6 atom stereocenters. The molecular weight excluding hydrogens is 667 g/mol. The van der Waals surface area contributed by atoms with E-state index in [0.29, 0.717) is 18.1 Å². The molecule has 2 fully saturated rings. The molecule has 0 amide bonds. The van der Waals surface area contributed by atoms with E-state index < -0.39 is 21.8 Å². The van der Waals surface area contributed by atoms with E-state index in [2.05, 4.69) is 181 Å². The van der Waals surface area contributed by atoms with Crippen molar-refractivity contribution in [2.24, 2.45) is 17.3 Å². The lowest BCUT2D eigenvalue weighted by Crippen LogP contribution is -2.68. The summed E-state index contributed by atoms with van der Waals surface area (Å²) in [4.78, 5) is 18.0. The molecule has 5 heteroatoms. The van der Waals surface area contributed by atoms with Crippen molar-refractivity contribution in [3.63, 3.8) is 0 Å². The summed E-state index contributed by atoms with van der Waals surface area (Å²) in [5, 5.41) is 3.91. The largest absolute Gasteiger partial charge is 0.404 e. The van der Waals surface area contributed by atoms with E-state index in [1.54, 1.807) is 0 Å². The smallest absolute Gasteiger partial charge is 0.261 e. The summed E-state index contributed by atoms with van der Waals surface area (Å²) < 4.78 is 8.01. The SMILES string of the molecule is C=CCC[C@@H]1CN(Cc2ccccc2)[C@@H]2C[C@H]([C@@H](C)O[Si](c3ccccc3)(c3ccccc3)C(C)(C)C)[C@@H]([Si](C)(C)c3ccccc3)CC(=O)[C@]12C. The van der Waals surface area contributed by atoms with E-state index in [9.17, 15) is 0 Å². The average Bonchev–Trinajstić information content (AvgIpc) is 3.34. The van der Waals surface area contributed by atoms with Crippen LogP contribution in [-0.2, 0) is 15.8 Å². The van der Waals surface area contributed by atoms with E-state index in [1.807, 2.05) is 6.08 Å². The van der Waals surface area contributed by atoms with Crippen molar-refractivity contribution in [2.75, 3.05) is 6.54 Å². The lowest BCUT2D eigenvalue weighted by Gasteiger charge is -2.48. The van der Waals surface area contributed by atoms with Gasteiger partial charge in [-0.25, -0.2) is 0 Å². The molecule has 1 saturated heterocycles. The highest BCUT2D eigenvalue weighted by Gasteiger charge is 2.60. The number of likely N-dealkylation sites (tertiary alicyclic amines) is 1. The van der Waals surface area contributed by atoms with Gasteiger partial charge in [0.25, 0.3) is 8.32 Å². The van der Waals surface area contributed by atoms with Gasteiger partial charge in [-0.3, -0.25) is 9.69 Å². The van der Waals surface area contributed by atoms with Crippen LogP contribution in [0.1, 0.15) is 65.9 Å². The van der Waals surface area contributed by atoms with E-state index in [0.717, 1.165) is 32.4 Å². The van der Waals surface area contributed by atoms with Gasteiger partial charge in [-0.1, -0.05) is 173 Å². The van der Waals surface area contributed by atoms with Crippen LogP contribution in [0.25, 0.3) is 0 Å². The van der Waals surface area contributed by atoms with Crippen molar-refractivity contribution in [1.82, 2.24) is 4.90 Å². The first-order valence-electron chi connectivity index (χ1n) is 19.6. The highest BCUT2D eigenvalue weighted by Crippen LogP contribution is 2.55. The Morgan fingerprint density at radius 3 is 1.85 bits per heavy atom. The molecule has 0 radical (unpaired) electrons. The van der Waals surface area contributed by atoms with Crippen LogP contribution in [0.2, 0.25) is 23.7 Å². The van der Waals surface area contributed by atoms with Crippen molar-refractivity contribution >= 4 is 37.7 Å². The number of benzene rings is 4. The summed E-state index contributed by atoms with van der Waals surface area (Å²) in [6, 6.07) is 44.3. The van der Waals surface area contributed by atoms with Gasteiger partial charge in [-0.05, 0) is 64.5 Å². The lowest BCUT2D eigenvalue weighted by atomic mass is 9.69. The lowest BCUT2D eigenvalue weighted by molar-refractivity contribution is -0.130. The fourth-order valence-electron chi connectivity index (χ4n) is 10.2. The Labute approximate surface area is 316 Å². The Bertz CT molecular complexity index is 1730. The predicted octanol–water partition coefficient (Wildman–Crippen LogP) is 9.39. The van der Waals surface area contributed by atoms with Crippen LogP contribution in [-0.4, -0.2) is 45.8 Å². The van der Waals surface area contributed by atoms with Crippen LogP contribution < -0.4 is 15.6 Å². The van der Waals surface area contributed by atoms with Gasteiger partial charge in [-0.15, -0.1) is 6.58 Å². The fourth-order valence-corrected chi connectivity index (χ4v) is 18.6. The third-order valence-electron chi connectivity index (χ3n) is 13.2. The van der Waals surface area contributed by atoms with Crippen molar-refractivity contribution in [2.45, 2.75) is 103 Å². The summed E-state index contributed by atoms with van der Waals surface area (Å²) in [5.74, 6) is 0.958. The number of allylic oxidation sites excluding steroid dienone is 1. The van der Waals surface area contributed by atoms with Gasteiger partial charge >= 0.3 is 0 Å². The molecule has 1 aliphatic heterocycles. The van der Waals surface area contributed by atoms with Crippen molar-refractivity contribution in [3.8, 4) is 0 Å².